The quantitative estimate of drug-likeness (QED) is 0.442. The molecule has 25 heavy (non-hydrogen) atoms. The van der Waals surface area contributed by atoms with E-state index in [9.17, 15) is 9.18 Å². The molecule has 0 atom stereocenters. The highest BCUT2D eigenvalue weighted by Gasteiger charge is 2.08. The Labute approximate surface area is 147 Å². The van der Waals surface area contributed by atoms with E-state index < -0.39 is 5.97 Å². The summed E-state index contributed by atoms with van der Waals surface area (Å²) in [4.78, 5) is 11.4. The SMILES string of the molecule is COC(=O)c1ccc(C=Nn2c(-c3ccc(F)cc3)n[nH]c2=S)cc1. The summed E-state index contributed by atoms with van der Waals surface area (Å²) in [6.45, 7) is 0. The van der Waals surface area contributed by atoms with E-state index >= 15 is 0 Å². The van der Waals surface area contributed by atoms with Crippen molar-refractivity contribution in [1.29, 1.82) is 0 Å². The topological polar surface area (TPSA) is 72.3 Å². The van der Waals surface area contributed by atoms with E-state index in [0.29, 0.717) is 21.7 Å². The fourth-order valence-corrected chi connectivity index (χ4v) is 2.31. The van der Waals surface area contributed by atoms with Crippen LogP contribution in [0.5, 0.6) is 0 Å². The second-order valence-electron chi connectivity index (χ2n) is 5.03. The van der Waals surface area contributed by atoms with Crippen molar-refractivity contribution in [1.82, 2.24) is 14.9 Å². The molecule has 0 aliphatic heterocycles. The van der Waals surface area contributed by atoms with Crippen LogP contribution in [0.15, 0.2) is 53.6 Å². The lowest BCUT2D eigenvalue weighted by Crippen LogP contribution is -2.01. The first-order valence-corrected chi connectivity index (χ1v) is 7.65. The van der Waals surface area contributed by atoms with Gasteiger partial charge in [0.2, 0.25) is 4.77 Å². The van der Waals surface area contributed by atoms with E-state index in [-0.39, 0.29) is 5.82 Å². The number of benzene rings is 2. The zero-order valence-electron chi connectivity index (χ0n) is 13.1. The molecular weight excluding hydrogens is 343 g/mol. The average Bonchev–Trinajstić information content (AvgIpc) is 3.01. The molecule has 0 saturated heterocycles. The first kappa shape index (κ1) is 16.7. The lowest BCUT2D eigenvalue weighted by molar-refractivity contribution is 0.0600. The van der Waals surface area contributed by atoms with Gasteiger partial charge in [-0.15, -0.1) is 0 Å². The molecule has 0 bridgehead atoms. The summed E-state index contributed by atoms with van der Waals surface area (Å²) < 4.78 is 19.5. The van der Waals surface area contributed by atoms with Gasteiger partial charge in [-0.25, -0.2) is 14.3 Å². The van der Waals surface area contributed by atoms with Crippen LogP contribution in [0.1, 0.15) is 15.9 Å². The van der Waals surface area contributed by atoms with Crippen LogP contribution in [0.4, 0.5) is 4.39 Å². The Morgan fingerprint density at radius 2 is 1.92 bits per heavy atom. The second kappa shape index (κ2) is 7.18. The third-order valence-corrected chi connectivity index (χ3v) is 3.67. The number of halogens is 1. The van der Waals surface area contributed by atoms with Crippen molar-refractivity contribution in [2.24, 2.45) is 5.10 Å². The van der Waals surface area contributed by atoms with Crippen molar-refractivity contribution in [3.8, 4) is 11.4 Å². The molecule has 8 heteroatoms. The normalized spacial score (nSPS) is 11.0. The minimum Gasteiger partial charge on any atom is -0.465 e. The summed E-state index contributed by atoms with van der Waals surface area (Å²) in [5.41, 5.74) is 1.89. The molecule has 0 spiro atoms. The van der Waals surface area contributed by atoms with Gasteiger partial charge in [0.15, 0.2) is 5.82 Å². The molecule has 1 heterocycles. The van der Waals surface area contributed by atoms with Gasteiger partial charge in [-0.1, -0.05) is 12.1 Å². The number of nitrogens with one attached hydrogen (secondary N) is 1. The van der Waals surface area contributed by atoms with Gasteiger partial charge >= 0.3 is 5.97 Å². The molecule has 0 unspecified atom stereocenters. The molecule has 0 aliphatic rings. The lowest BCUT2D eigenvalue weighted by atomic mass is 10.1. The van der Waals surface area contributed by atoms with Crippen LogP contribution in [-0.2, 0) is 4.74 Å². The standard InChI is InChI=1S/C17H13FN4O2S/c1-24-16(23)13-4-2-11(3-5-13)10-19-22-15(20-21-17(22)25)12-6-8-14(18)9-7-12/h2-10H,1H3,(H,21,25). The number of hydrogen-bond donors (Lipinski definition) is 1. The molecule has 1 aromatic heterocycles. The molecule has 3 aromatic rings. The Hall–Kier alpha value is -3.13. The van der Waals surface area contributed by atoms with Crippen molar-refractivity contribution in [2.75, 3.05) is 7.11 Å². The minimum absolute atomic E-state index is 0.307. The molecule has 2 aromatic carbocycles. The highest BCUT2D eigenvalue weighted by Crippen LogP contribution is 2.17. The van der Waals surface area contributed by atoms with Crippen LogP contribution in [0, 0.1) is 10.6 Å². The van der Waals surface area contributed by atoms with Gasteiger partial charge in [-0.05, 0) is 54.2 Å². The predicted molar refractivity (Wildman–Crippen MR) is 93.6 cm³/mol. The Balaban J connectivity index is 1.89. The highest BCUT2D eigenvalue weighted by atomic mass is 32.1. The fourth-order valence-electron chi connectivity index (χ4n) is 2.13. The van der Waals surface area contributed by atoms with Gasteiger partial charge in [0.1, 0.15) is 5.82 Å². The van der Waals surface area contributed by atoms with Crippen LogP contribution >= 0.6 is 12.2 Å². The summed E-state index contributed by atoms with van der Waals surface area (Å²) >= 11 is 5.18. The highest BCUT2D eigenvalue weighted by molar-refractivity contribution is 7.71. The second-order valence-corrected chi connectivity index (χ2v) is 5.42. The van der Waals surface area contributed by atoms with Gasteiger partial charge < -0.3 is 4.74 Å². The molecular formula is C17H13FN4O2S. The Kier molecular flexibility index (Phi) is 4.80. The number of carbonyl (C=O) groups is 1. The van der Waals surface area contributed by atoms with E-state index in [1.165, 1.54) is 23.9 Å². The van der Waals surface area contributed by atoms with Gasteiger partial charge in [0.05, 0.1) is 18.9 Å². The number of H-pyrrole nitrogens is 1. The third-order valence-electron chi connectivity index (χ3n) is 3.41. The predicted octanol–water partition coefficient (Wildman–Crippen LogP) is 3.42. The molecule has 0 fully saturated rings. The number of methoxy groups -OCH3 is 1. The van der Waals surface area contributed by atoms with E-state index in [2.05, 4.69) is 20.0 Å². The summed E-state index contributed by atoms with van der Waals surface area (Å²) in [6, 6.07) is 12.6. The van der Waals surface area contributed by atoms with Gasteiger partial charge in [-0.2, -0.15) is 14.9 Å². The maximum atomic E-state index is 13.1. The van der Waals surface area contributed by atoms with E-state index in [4.69, 9.17) is 12.2 Å². The molecule has 0 amide bonds. The van der Waals surface area contributed by atoms with Crippen molar-refractivity contribution in [3.63, 3.8) is 0 Å². The monoisotopic (exact) mass is 356 g/mol. The van der Waals surface area contributed by atoms with Crippen molar-refractivity contribution in [3.05, 3.63) is 70.2 Å². The maximum absolute atomic E-state index is 13.1. The molecule has 0 radical (unpaired) electrons. The van der Waals surface area contributed by atoms with E-state index in [1.807, 2.05) is 0 Å². The largest absolute Gasteiger partial charge is 0.465 e. The third kappa shape index (κ3) is 3.69. The number of hydrogen-bond acceptors (Lipinski definition) is 5. The zero-order chi connectivity index (χ0) is 17.8. The van der Waals surface area contributed by atoms with Crippen LogP contribution in [0.2, 0.25) is 0 Å². The van der Waals surface area contributed by atoms with Crippen LogP contribution in [-0.4, -0.2) is 34.2 Å². The first-order valence-electron chi connectivity index (χ1n) is 7.24. The number of nitrogens with zero attached hydrogens (tertiary/aromatic N) is 3. The maximum Gasteiger partial charge on any atom is 0.337 e. The number of aromatic amines is 1. The Morgan fingerprint density at radius 1 is 1.24 bits per heavy atom. The van der Waals surface area contributed by atoms with E-state index in [0.717, 1.165) is 5.56 Å². The summed E-state index contributed by atoms with van der Waals surface area (Å²) in [5.74, 6) is -0.273. The van der Waals surface area contributed by atoms with Gasteiger partial charge in [-0.3, -0.25) is 0 Å². The fraction of sp³-hybridized carbons (Fsp3) is 0.0588. The average molecular weight is 356 g/mol. The minimum atomic E-state index is -0.404. The number of aromatic nitrogens is 3. The Bertz CT molecular complexity index is 975. The first-order chi connectivity index (χ1) is 12.1. The lowest BCUT2D eigenvalue weighted by Gasteiger charge is -2.01. The van der Waals surface area contributed by atoms with Crippen molar-refractivity contribution < 1.29 is 13.9 Å². The molecule has 0 aliphatic carbocycles. The zero-order valence-corrected chi connectivity index (χ0v) is 14.0. The van der Waals surface area contributed by atoms with E-state index in [1.54, 1.807) is 42.6 Å². The van der Waals surface area contributed by atoms with Crippen LogP contribution < -0.4 is 0 Å². The van der Waals surface area contributed by atoms with Crippen molar-refractivity contribution >= 4 is 24.4 Å². The number of rotatable bonds is 4. The number of ether oxygens (including phenoxy) is 1. The molecule has 126 valence electrons. The smallest absolute Gasteiger partial charge is 0.337 e. The molecule has 0 saturated carbocycles. The van der Waals surface area contributed by atoms with Crippen molar-refractivity contribution in [2.45, 2.75) is 0 Å². The van der Waals surface area contributed by atoms with Crippen LogP contribution in [0.3, 0.4) is 0 Å². The summed E-state index contributed by atoms with van der Waals surface area (Å²) in [7, 11) is 1.33. The summed E-state index contributed by atoms with van der Waals surface area (Å²) in [5, 5.41) is 11.1. The summed E-state index contributed by atoms with van der Waals surface area (Å²) in [6.07, 6.45) is 1.58. The molecule has 3 rings (SSSR count). The van der Waals surface area contributed by atoms with Gasteiger partial charge in [0.25, 0.3) is 0 Å². The number of carbonyl (C=O) groups excluding carboxylic acids is 1. The Morgan fingerprint density at radius 3 is 2.56 bits per heavy atom. The number of esters is 1. The molecule has 1 N–H and O–H groups in total. The van der Waals surface area contributed by atoms with Crippen LogP contribution in [0.25, 0.3) is 11.4 Å². The molecule has 6 nitrogen and oxygen atoms in total. The van der Waals surface area contributed by atoms with Gasteiger partial charge in [0, 0.05) is 5.56 Å².